The van der Waals surface area contributed by atoms with Crippen LogP contribution in [0.1, 0.15) is 136 Å². The third kappa shape index (κ3) is 15.2. The van der Waals surface area contributed by atoms with Crippen LogP contribution in [0.3, 0.4) is 0 Å². The highest BCUT2D eigenvalue weighted by Gasteiger charge is 2.51. The van der Waals surface area contributed by atoms with E-state index in [0.717, 1.165) is 22.6 Å². The number of aliphatic carboxylic acids is 1. The van der Waals surface area contributed by atoms with E-state index in [1.165, 1.54) is 68.8 Å². The van der Waals surface area contributed by atoms with E-state index in [2.05, 4.69) is 10.6 Å². The van der Waals surface area contributed by atoms with Gasteiger partial charge in [0.1, 0.15) is 59.0 Å². The summed E-state index contributed by atoms with van der Waals surface area (Å²) in [5.74, 6) is -10.9. The number of carbonyl (C=O) groups is 9. The minimum absolute atomic E-state index is 0.114. The molecule has 1 saturated heterocycles. The zero-order valence-electron chi connectivity index (χ0n) is 47.0. The fraction of sp³-hybridized carbons (Fsp3) is 0.722. The third-order valence-electron chi connectivity index (χ3n) is 16.2. The first kappa shape index (κ1) is 64.6. The van der Waals surface area contributed by atoms with Gasteiger partial charge in [-0.15, -0.1) is 0 Å². The number of rotatable bonds is 24. The minimum atomic E-state index is -5.26. The van der Waals surface area contributed by atoms with Gasteiger partial charge in [0.15, 0.2) is 0 Å². The average Bonchev–Trinajstić information content (AvgIpc) is 4.20. The van der Waals surface area contributed by atoms with Crippen LogP contribution < -0.4 is 16.4 Å². The molecule has 2 aliphatic carbocycles. The molecule has 1 aromatic carbocycles. The first-order valence-electron chi connectivity index (χ1n) is 27.0. The lowest BCUT2D eigenvalue weighted by Crippen LogP contribution is -2.65. The number of carbonyl (C=O) groups excluding carboxylic acids is 8. The van der Waals surface area contributed by atoms with Crippen LogP contribution in [0, 0.1) is 29.4 Å². The number of amides is 8. The molecule has 78 heavy (non-hydrogen) atoms. The predicted octanol–water partition coefficient (Wildman–Crippen LogP) is 4.32. The second-order valence-corrected chi connectivity index (χ2v) is 22.3. The van der Waals surface area contributed by atoms with Gasteiger partial charge < -0.3 is 50.9 Å². The number of benzene rings is 1. The number of alkyl halides is 3. The van der Waals surface area contributed by atoms with Crippen LogP contribution in [0.15, 0.2) is 12.1 Å². The smallest absolute Gasteiger partial charge is 0.422 e. The second kappa shape index (κ2) is 27.3. The molecule has 4 rings (SSSR count). The first-order valence-corrected chi connectivity index (χ1v) is 27.0. The summed E-state index contributed by atoms with van der Waals surface area (Å²) in [5, 5.41) is 15.3. The van der Waals surface area contributed by atoms with Crippen LogP contribution >= 0.6 is 0 Å². The molecule has 8 amide bonds. The largest absolute Gasteiger partial charge is 0.480 e. The third-order valence-corrected chi connectivity index (χ3v) is 16.2. The van der Waals surface area contributed by atoms with Crippen molar-refractivity contribution >= 4 is 53.2 Å². The molecule has 24 heteroatoms. The van der Waals surface area contributed by atoms with Crippen molar-refractivity contribution in [3.8, 4) is 0 Å². The van der Waals surface area contributed by atoms with Crippen molar-refractivity contribution in [3.63, 3.8) is 0 Å². The Morgan fingerprint density at radius 3 is 1.87 bits per heavy atom. The maximum atomic E-state index is 15.1. The number of nitrogens with zero attached hydrogens (tertiary/aromatic N) is 6. The topological polar surface area (TPSA) is 243 Å². The van der Waals surface area contributed by atoms with Gasteiger partial charge >= 0.3 is 12.1 Å². The number of carboxylic acids is 1. The number of nitrogens with two attached hydrogens (primary N) is 1. The van der Waals surface area contributed by atoms with Gasteiger partial charge in [-0.05, 0) is 100 Å². The zero-order chi connectivity index (χ0) is 58.9. The van der Waals surface area contributed by atoms with Gasteiger partial charge in [0.2, 0.25) is 47.3 Å². The number of likely N-dealkylation sites (N-methyl/N-ethyl adjacent to an activating group) is 5. The van der Waals surface area contributed by atoms with E-state index < -0.39 is 137 Å². The van der Waals surface area contributed by atoms with E-state index in [0.29, 0.717) is 50.7 Å². The Bertz CT molecular complexity index is 2340. The van der Waals surface area contributed by atoms with E-state index >= 15 is 9.59 Å². The van der Waals surface area contributed by atoms with E-state index in [9.17, 15) is 60.6 Å². The molecule has 5 N–H and O–H groups in total. The molecule has 0 bridgehead atoms. The van der Waals surface area contributed by atoms with Crippen LogP contribution in [-0.2, 0) is 55.7 Å². The zero-order valence-corrected chi connectivity index (χ0v) is 47.0. The van der Waals surface area contributed by atoms with Crippen LogP contribution in [0.25, 0.3) is 0 Å². The normalized spacial score (nSPS) is 19.2. The molecule has 8 atom stereocenters. The van der Waals surface area contributed by atoms with Crippen LogP contribution in [0.4, 0.5) is 22.0 Å². The van der Waals surface area contributed by atoms with Gasteiger partial charge in [0.25, 0.3) is 0 Å². The Morgan fingerprint density at radius 2 is 1.36 bits per heavy atom. The standard InChI is InChI=1S/C54H82F5N9O10/c1-12-31(4)43(49(74)64(8)32(5)51(76)77)61-45(70)39(26-30(2)3)65(9)41(69)29-40(48(73)63(6)7)66(10)50(75)44(34-18-13-14-19-34)67(11)52(78)53(23-15-16-24-53)62-46(71)38-20-17-25-68(38)47(72)37(60)22-21-33-27-35(55)42(36(56)28-33)54(57,58)59/h27-28,30-32,34,37-40,43-44H,12-26,29,60H2,1-11H3,(H,61,70)(H,62,71)(H,76,77)/t31-,32-,37-,38-,39-,40-,43-,44-/m0/s1. The quantitative estimate of drug-likeness (QED) is 0.106. The summed E-state index contributed by atoms with van der Waals surface area (Å²) in [6.07, 6.45) is -1.08. The molecular formula is C54H82F5N9O10. The summed E-state index contributed by atoms with van der Waals surface area (Å²) in [7, 11) is 8.49. The molecular weight excluding hydrogens is 1030 g/mol. The maximum absolute atomic E-state index is 15.1. The molecule has 19 nitrogen and oxygen atoms in total. The Balaban J connectivity index is 1.57. The second-order valence-electron chi connectivity index (χ2n) is 22.3. The van der Waals surface area contributed by atoms with Gasteiger partial charge in [-0.3, -0.25) is 38.4 Å². The van der Waals surface area contributed by atoms with Gasteiger partial charge in [-0.25, -0.2) is 13.6 Å². The van der Waals surface area contributed by atoms with Gasteiger partial charge in [-0.1, -0.05) is 59.8 Å². The molecule has 0 aromatic heterocycles. The molecule has 1 aromatic rings. The van der Waals surface area contributed by atoms with Crippen LogP contribution in [0.5, 0.6) is 0 Å². The number of likely N-dealkylation sites (tertiary alicyclic amines) is 1. The summed E-state index contributed by atoms with van der Waals surface area (Å²) in [6.45, 7) is 8.68. The lowest BCUT2D eigenvalue weighted by molar-refractivity contribution is -0.156. The lowest BCUT2D eigenvalue weighted by Gasteiger charge is -2.42. The van der Waals surface area contributed by atoms with E-state index in [1.54, 1.807) is 6.92 Å². The molecule has 0 spiro atoms. The summed E-state index contributed by atoms with van der Waals surface area (Å²) < 4.78 is 68.1. The average molecular weight is 1110 g/mol. The fourth-order valence-electron chi connectivity index (χ4n) is 11.0. The Kier molecular flexibility index (Phi) is 22.6. The molecule has 1 aliphatic heterocycles. The van der Waals surface area contributed by atoms with E-state index in [-0.39, 0.29) is 62.5 Å². The van der Waals surface area contributed by atoms with Gasteiger partial charge in [0.05, 0.1) is 12.5 Å². The fourth-order valence-corrected chi connectivity index (χ4v) is 11.0. The lowest BCUT2D eigenvalue weighted by atomic mass is 9.90. The molecule has 0 radical (unpaired) electrons. The van der Waals surface area contributed by atoms with Crippen LogP contribution in [0.2, 0.25) is 0 Å². The number of aryl methyl sites for hydroxylation is 1. The van der Waals surface area contributed by atoms with Crippen molar-refractivity contribution in [1.82, 2.24) is 40.0 Å². The first-order chi connectivity index (χ1) is 36.3. The number of carboxylic acid groups (broad SMARTS) is 1. The maximum Gasteiger partial charge on any atom is 0.422 e. The Morgan fingerprint density at radius 1 is 0.782 bits per heavy atom. The van der Waals surface area contributed by atoms with Gasteiger partial charge in [0, 0.05) is 48.8 Å². The molecule has 1 heterocycles. The molecule has 0 unspecified atom stereocenters. The molecule has 438 valence electrons. The molecule has 2 saturated carbocycles. The number of nitrogens with one attached hydrogen (secondary N) is 2. The van der Waals surface area contributed by atoms with Crippen molar-refractivity contribution in [2.75, 3.05) is 48.8 Å². The summed E-state index contributed by atoms with van der Waals surface area (Å²) in [5.41, 5.74) is 2.54. The summed E-state index contributed by atoms with van der Waals surface area (Å²) >= 11 is 0. The van der Waals surface area contributed by atoms with Crippen molar-refractivity contribution in [1.29, 1.82) is 0 Å². The highest BCUT2D eigenvalue weighted by molar-refractivity contribution is 5.99. The Hall–Kier alpha value is -5.94. The number of hydrogen-bond donors (Lipinski definition) is 4. The van der Waals surface area contributed by atoms with Crippen molar-refractivity contribution in [2.24, 2.45) is 23.5 Å². The summed E-state index contributed by atoms with van der Waals surface area (Å²) in [6, 6.07) is -7.37. The highest BCUT2D eigenvalue weighted by atomic mass is 19.4. The van der Waals surface area contributed by atoms with Crippen molar-refractivity contribution in [3.05, 3.63) is 34.9 Å². The summed E-state index contributed by atoms with van der Waals surface area (Å²) in [4.78, 5) is 134. The van der Waals surface area contributed by atoms with E-state index in [1.807, 2.05) is 20.8 Å². The number of hydrogen-bond acceptors (Lipinski definition) is 10. The SMILES string of the molecule is CC[C@H](C)[C@H](NC(=O)[C@H](CC(C)C)N(C)C(=O)C[C@@H](C(=O)N(C)C)N(C)C(=O)[C@H](C1CCCC1)N(C)C(=O)C1(NC(=O)[C@@H]2CCCN2C(=O)[C@@H](N)CCc2cc(F)c(C(F)(F)F)c(F)c2)CCCC1)C(=O)N(C)[C@@H](C)C(=O)O. The minimum Gasteiger partial charge on any atom is -0.480 e. The van der Waals surface area contributed by atoms with Crippen molar-refractivity contribution < 1.29 is 70.2 Å². The van der Waals surface area contributed by atoms with Crippen LogP contribution in [-0.4, -0.2) is 184 Å². The molecule has 3 fully saturated rings. The van der Waals surface area contributed by atoms with Crippen molar-refractivity contribution in [2.45, 2.75) is 185 Å². The number of halogens is 5. The Labute approximate surface area is 454 Å². The molecule has 3 aliphatic rings. The predicted molar refractivity (Wildman–Crippen MR) is 277 cm³/mol. The van der Waals surface area contributed by atoms with E-state index in [4.69, 9.17) is 5.73 Å². The van der Waals surface area contributed by atoms with Gasteiger partial charge in [-0.2, -0.15) is 13.2 Å². The monoisotopic (exact) mass is 1110 g/mol. The highest BCUT2D eigenvalue weighted by Crippen LogP contribution is 2.38.